The number of carbonyl (C=O) groups is 2. The third kappa shape index (κ3) is 5.30. The van der Waals surface area contributed by atoms with Gasteiger partial charge in [-0.15, -0.1) is 10.2 Å². The molecule has 1 saturated carbocycles. The molecule has 0 unspecified atom stereocenters. The number of nitrogens with zero attached hydrogens (tertiary/aromatic N) is 4. The van der Waals surface area contributed by atoms with E-state index in [1.54, 1.807) is 22.8 Å². The molecule has 2 aliphatic rings. The van der Waals surface area contributed by atoms with Crippen LogP contribution in [0.25, 0.3) is 0 Å². The minimum absolute atomic E-state index is 0.146. The second kappa shape index (κ2) is 9.53. The van der Waals surface area contributed by atoms with Crippen LogP contribution in [0.1, 0.15) is 55.9 Å². The predicted molar refractivity (Wildman–Crippen MR) is 102 cm³/mol. The highest BCUT2D eigenvalue weighted by atomic mass is 16.6. The first-order valence-electron chi connectivity index (χ1n) is 9.98. The van der Waals surface area contributed by atoms with Gasteiger partial charge in [-0.1, -0.05) is 25.7 Å². The number of carbonyl (C=O) groups excluding carboxylic acids is 2. The summed E-state index contributed by atoms with van der Waals surface area (Å²) in [5.41, 5.74) is 0.339. The predicted octanol–water partition coefficient (Wildman–Crippen LogP) is 2.53. The standard InChI is InChI=1S/C19H29N5O3/c1-2-27-19(26)24-13-11-23(12-14-24)18(25)16-9-10-17(22-21-16)20-15-7-5-3-4-6-8-15/h9-10,15H,2-8,11-14H2,1H3,(H,20,22). The van der Waals surface area contributed by atoms with Gasteiger partial charge in [0.05, 0.1) is 6.61 Å². The molecule has 1 saturated heterocycles. The molecule has 2 amide bonds. The highest BCUT2D eigenvalue weighted by Crippen LogP contribution is 2.20. The zero-order valence-electron chi connectivity index (χ0n) is 16.0. The summed E-state index contributed by atoms with van der Waals surface area (Å²) in [6.07, 6.45) is 7.11. The molecule has 0 aromatic carbocycles. The molecule has 1 aromatic rings. The smallest absolute Gasteiger partial charge is 0.409 e. The van der Waals surface area contributed by atoms with Gasteiger partial charge < -0.3 is 19.9 Å². The third-order valence-electron chi connectivity index (χ3n) is 5.18. The lowest BCUT2D eigenvalue weighted by molar-refractivity contribution is 0.0565. The Labute approximate surface area is 160 Å². The summed E-state index contributed by atoms with van der Waals surface area (Å²) in [5.74, 6) is 0.581. The van der Waals surface area contributed by atoms with Crippen LogP contribution in [-0.2, 0) is 4.74 Å². The highest BCUT2D eigenvalue weighted by Gasteiger charge is 2.26. The van der Waals surface area contributed by atoms with Gasteiger partial charge >= 0.3 is 6.09 Å². The highest BCUT2D eigenvalue weighted by molar-refractivity contribution is 5.92. The maximum atomic E-state index is 12.6. The number of nitrogens with one attached hydrogen (secondary N) is 1. The number of rotatable bonds is 4. The minimum Gasteiger partial charge on any atom is -0.450 e. The van der Waals surface area contributed by atoms with E-state index in [9.17, 15) is 9.59 Å². The van der Waals surface area contributed by atoms with Crippen LogP contribution in [0.3, 0.4) is 0 Å². The molecule has 27 heavy (non-hydrogen) atoms. The van der Waals surface area contributed by atoms with Gasteiger partial charge in [-0.2, -0.15) is 0 Å². The molecule has 1 aromatic heterocycles. The molecule has 2 fully saturated rings. The fraction of sp³-hybridized carbons (Fsp3) is 0.684. The number of piperazine rings is 1. The second-order valence-corrected chi connectivity index (χ2v) is 7.11. The topological polar surface area (TPSA) is 87.7 Å². The number of hydrogen-bond donors (Lipinski definition) is 1. The Hall–Kier alpha value is -2.38. The van der Waals surface area contributed by atoms with E-state index >= 15 is 0 Å². The van der Waals surface area contributed by atoms with Crippen LogP contribution >= 0.6 is 0 Å². The van der Waals surface area contributed by atoms with E-state index in [1.807, 2.05) is 6.07 Å². The van der Waals surface area contributed by atoms with Crippen molar-refractivity contribution in [1.82, 2.24) is 20.0 Å². The summed E-state index contributed by atoms with van der Waals surface area (Å²) in [7, 11) is 0. The first-order valence-corrected chi connectivity index (χ1v) is 9.98. The number of hydrogen-bond acceptors (Lipinski definition) is 6. The monoisotopic (exact) mass is 375 g/mol. The Kier molecular flexibility index (Phi) is 6.84. The molecule has 8 nitrogen and oxygen atoms in total. The molecule has 0 bridgehead atoms. The molecule has 3 rings (SSSR count). The Morgan fingerprint density at radius 2 is 1.70 bits per heavy atom. The molecular formula is C19H29N5O3. The van der Waals surface area contributed by atoms with E-state index in [0.717, 1.165) is 18.7 Å². The van der Waals surface area contributed by atoms with Gasteiger partial charge in [0.25, 0.3) is 5.91 Å². The fourth-order valence-electron chi connectivity index (χ4n) is 3.63. The van der Waals surface area contributed by atoms with Gasteiger partial charge in [0.1, 0.15) is 5.82 Å². The van der Waals surface area contributed by atoms with Gasteiger partial charge in [-0.3, -0.25) is 4.79 Å². The lowest BCUT2D eigenvalue weighted by Gasteiger charge is -2.33. The average molecular weight is 375 g/mol. The van der Waals surface area contributed by atoms with Crippen LogP contribution in [-0.4, -0.2) is 70.8 Å². The van der Waals surface area contributed by atoms with Crippen molar-refractivity contribution in [3.05, 3.63) is 17.8 Å². The molecule has 0 spiro atoms. The van der Waals surface area contributed by atoms with E-state index in [1.165, 1.54) is 25.7 Å². The summed E-state index contributed by atoms with van der Waals surface area (Å²) in [4.78, 5) is 27.7. The minimum atomic E-state index is -0.321. The summed E-state index contributed by atoms with van der Waals surface area (Å²) >= 11 is 0. The third-order valence-corrected chi connectivity index (χ3v) is 5.18. The van der Waals surface area contributed by atoms with Crippen molar-refractivity contribution in [2.75, 3.05) is 38.1 Å². The van der Waals surface area contributed by atoms with Crippen molar-refractivity contribution in [2.24, 2.45) is 0 Å². The molecule has 1 N–H and O–H groups in total. The van der Waals surface area contributed by atoms with E-state index in [-0.39, 0.29) is 12.0 Å². The van der Waals surface area contributed by atoms with Crippen LogP contribution in [0, 0.1) is 0 Å². The normalized spacial score (nSPS) is 18.7. The fourth-order valence-corrected chi connectivity index (χ4v) is 3.63. The lowest BCUT2D eigenvalue weighted by Crippen LogP contribution is -2.50. The van der Waals surface area contributed by atoms with Crippen LogP contribution < -0.4 is 5.32 Å². The number of amides is 2. The van der Waals surface area contributed by atoms with E-state index in [4.69, 9.17) is 4.74 Å². The first-order chi connectivity index (χ1) is 13.2. The molecule has 1 aliphatic heterocycles. The zero-order chi connectivity index (χ0) is 19.1. The van der Waals surface area contributed by atoms with Gasteiger partial charge in [0.2, 0.25) is 0 Å². The van der Waals surface area contributed by atoms with Crippen molar-refractivity contribution in [1.29, 1.82) is 0 Å². The maximum Gasteiger partial charge on any atom is 0.409 e. The van der Waals surface area contributed by atoms with Crippen LogP contribution in [0.5, 0.6) is 0 Å². The maximum absolute atomic E-state index is 12.6. The van der Waals surface area contributed by atoms with Crippen molar-refractivity contribution >= 4 is 17.8 Å². The van der Waals surface area contributed by atoms with Gasteiger partial charge in [-0.25, -0.2) is 4.79 Å². The number of anilines is 1. The summed E-state index contributed by atoms with van der Waals surface area (Å²) in [5, 5.41) is 11.8. The number of ether oxygens (including phenoxy) is 1. The Morgan fingerprint density at radius 3 is 2.30 bits per heavy atom. The molecule has 0 radical (unpaired) electrons. The van der Waals surface area contributed by atoms with Gasteiger partial charge in [0, 0.05) is 32.2 Å². The zero-order valence-corrected chi connectivity index (χ0v) is 16.0. The molecule has 2 heterocycles. The molecule has 0 atom stereocenters. The Balaban J connectivity index is 1.51. The second-order valence-electron chi connectivity index (χ2n) is 7.11. The van der Waals surface area contributed by atoms with Crippen molar-refractivity contribution < 1.29 is 14.3 Å². The Morgan fingerprint density at radius 1 is 1.04 bits per heavy atom. The van der Waals surface area contributed by atoms with Crippen molar-refractivity contribution in [2.45, 2.75) is 51.5 Å². The van der Waals surface area contributed by atoms with Gasteiger partial charge in [-0.05, 0) is 31.9 Å². The lowest BCUT2D eigenvalue weighted by atomic mass is 10.1. The SMILES string of the molecule is CCOC(=O)N1CCN(C(=O)c2ccc(NC3CCCCCC3)nn2)CC1. The summed E-state index contributed by atoms with van der Waals surface area (Å²) < 4.78 is 5.00. The van der Waals surface area contributed by atoms with E-state index in [2.05, 4.69) is 15.5 Å². The Bertz CT molecular complexity index is 621. The van der Waals surface area contributed by atoms with Crippen LogP contribution in [0.15, 0.2) is 12.1 Å². The van der Waals surface area contributed by atoms with Crippen LogP contribution in [0.4, 0.5) is 10.6 Å². The molecule has 1 aliphatic carbocycles. The molecule has 148 valence electrons. The first kappa shape index (κ1) is 19.4. The van der Waals surface area contributed by atoms with Crippen molar-refractivity contribution in [3.8, 4) is 0 Å². The van der Waals surface area contributed by atoms with Crippen LogP contribution in [0.2, 0.25) is 0 Å². The number of aromatic nitrogens is 2. The van der Waals surface area contributed by atoms with Gasteiger partial charge in [0.15, 0.2) is 5.69 Å². The quantitative estimate of drug-likeness (QED) is 0.814. The van der Waals surface area contributed by atoms with E-state index in [0.29, 0.717) is 44.5 Å². The molecule has 8 heteroatoms. The largest absolute Gasteiger partial charge is 0.450 e. The average Bonchev–Trinajstić information content (AvgIpc) is 2.97. The van der Waals surface area contributed by atoms with Crippen molar-refractivity contribution in [3.63, 3.8) is 0 Å². The van der Waals surface area contributed by atoms with E-state index < -0.39 is 0 Å². The summed E-state index contributed by atoms with van der Waals surface area (Å²) in [6.45, 7) is 4.03. The summed E-state index contributed by atoms with van der Waals surface area (Å²) in [6, 6.07) is 4.01. The molecular weight excluding hydrogens is 346 g/mol.